The van der Waals surface area contributed by atoms with E-state index in [-0.39, 0.29) is 11.2 Å². The highest BCUT2D eigenvalue weighted by molar-refractivity contribution is 6.03. The van der Waals surface area contributed by atoms with Crippen LogP contribution in [0.5, 0.6) is 0 Å². The van der Waals surface area contributed by atoms with Gasteiger partial charge in [-0.1, -0.05) is 12.1 Å². The molecule has 128 valence electrons. The molecule has 1 amide bonds. The molecule has 0 aliphatic heterocycles. The Morgan fingerprint density at radius 1 is 1.15 bits per heavy atom. The Bertz CT molecular complexity index is 1170. The number of fused-ring (bicyclic) bond motifs is 1. The number of nitrogens with one attached hydrogen (secondary N) is 1. The number of para-hydroxylation sites is 1. The molecule has 8 heteroatoms. The molecule has 4 aromatic rings. The van der Waals surface area contributed by atoms with Gasteiger partial charge in [0, 0.05) is 11.8 Å². The van der Waals surface area contributed by atoms with Gasteiger partial charge in [0.1, 0.15) is 11.9 Å². The predicted molar refractivity (Wildman–Crippen MR) is 94.3 cm³/mol. The molecule has 0 aliphatic rings. The maximum absolute atomic E-state index is 12.5. The Morgan fingerprint density at radius 3 is 2.77 bits per heavy atom. The highest BCUT2D eigenvalue weighted by atomic mass is 16.3. The molecular weight excluding hydrogens is 334 g/mol. The van der Waals surface area contributed by atoms with E-state index in [1.54, 1.807) is 42.5 Å². The Morgan fingerprint density at radius 2 is 2.00 bits per heavy atom. The van der Waals surface area contributed by atoms with Gasteiger partial charge in [-0.2, -0.15) is 0 Å². The second-order valence-electron chi connectivity index (χ2n) is 5.68. The second-order valence-corrected chi connectivity index (χ2v) is 5.68. The lowest BCUT2D eigenvalue weighted by Gasteiger charge is -2.09. The van der Waals surface area contributed by atoms with Crippen molar-refractivity contribution in [2.45, 2.75) is 6.92 Å². The molecule has 1 N–H and O–H groups in total. The lowest BCUT2D eigenvalue weighted by molar-refractivity contribution is 0.0997. The molecule has 0 fully saturated rings. The molecule has 0 saturated heterocycles. The molecule has 0 saturated carbocycles. The van der Waals surface area contributed by atoms with Gasteiger partial charge in [-0.05, 0) is 53.2 Å². The molecule has 0 unspecified atom stereocenters. The molecule has 4 rings (SSSR count). The summed E-state index contributed by atoms with van der Waals surface area (Å²) in [6, 6.07) is 13.3. The molecule has 2 aromatic carbocycles. The van der Waals surface area contributed by atoms with Crippen molar-refractivity contribution in [3.8, 4) is 5.69 Å². The Balaban J connectivity index is 1.62. The van der Waals surface area contributed by atoms with E-state index in [0.717, 1.165) is 11.3 Å². The monoisotopic (exact) mass is 347 g/mol. The van der Waals surface area contributed by atoms with Crippen molar-refractivity contribution in [1.82, 2.24) is 20.2 Å². The zero-order valence-corrected chi connectivity index (χ0v) is 13.7. The summed E-state index contributed by atoms with van der Waals surface area (Å²) < 4.78 is 7.08. The molecule has 26 heavy (non-hydrogen) atoms. The number of aryl methyl sites for hydroxylation is 1. The van der Waals surface area contributed by atoms with Gasteiger partial charge in [-0.25, -0.2) is 4.68 Å². The van der Waals surface area contributed by atoms with Gasteiger partial charge in [0.15, 0.2) is 11.2 Å². The van der Waals surface area contributed by atoms with Gasteiger partial charge in [-0.3, -0.25) is 9.59 Å². The third-order valence-electron chi connectivity index (χ3n) is 3.91. The van der Waals surface area contributed by atoms with Crippen molar-refractivity contribution < 1.29 is 9.21 Å². The number of nitrogens with zero attached hydrogens (tertiary/aromatic N) is 4. The van der Waals surface area contributed by atoms with E-state index in [2.05, 4.69) is 20.8 Å². The summed E-state index contributed by atoms with van der Waals surface area (Å²) in [5.74, 6) is -0.543. The standard InChI is InChI=1S/C18H13N5O3/c1-11-8-12(6-7-14(11)23-10-19-21-22-23)20-18(25)17-9-15(24)13-4-2-3-5-16(13)26-17/h2-10H,1H3,(H,20,25). The summed E-state index contributed by atoms with van der Waals surface area (Å²) in [6.45, 7) is 1.88. The number of rotatable bonds is 3. The first kappa shape index (κ1) is 15.7. The number of hydrogen-bond donors (Lipinski definition) is 1. The van der Waals surface area contributed by atoms with Crippen LogP contribution in [0.25, 0.3) is 16.7 Å². The minimum atomic E-state index is -0.498. The summed E-state index contributed by atoms with van der Waals surface area (Å²) in [6.07, 6.45) is 1.49. The van der Waals surface area contributed by atoms with Crippen molar-refractivity contribution in [1.29, 1.82) is 0 Å². The SMILES string of the molecule is Cc1cc(NC(=O)c2cc(=O)c3ccccc3o2)ccc1-n1cnnn1. The van der Waals surface area contributed by atoms with Crippen LogP contribution >= 0.6 is 0 Å². The van der Waals surface area contributed by atoms with Crippen LogP contribution < -0.4 is 10.7 Å². The number of tetrazole rings is 1. The van der Waals surface area contributed by atoms with E-state index in [1.807, 2.05) is 6.92 Å². The molecular formula is C18H13N5O3. The van der Waals surface area contributed by atoms with Crippen molar-refractivity contribution >= 4 is 22.6 Å². The lowest BCUT2D eigenvalue weighted by Crippen LogP contribution is -2.15. The second kappa shape index (κ2) is 6.25. The third-order valence-corrected chi connectivity index (χ3v) is 3.91. The largest absolute Gasteiger partial charge is 0.451 e. The highest BCUT2D eigenvalue weighted by Crippen LogP contribution is 2.19. The first-order valence-corrected chi connectivity index (χ1v) is 7.80. The Labute approximate surface area is 147 Å². The quantitative estimate of drug-likeness (QED) is 0.610. The summed E-state index contributed by atoms with van der Waals surface area (Å²) in [5.41, 5.74) is 2.35. The van der Waals surface area contributed by atoms with Crippen molar-refractivity contribution in [3.63, 3.8) is 0 Å². The number of anilines is 1. The van der Waals surface area contributed by atoms with Crippen molar-refractivity contribution in [2.24, 2.45) is 0 Å². The van der Waals surface area contributed by atoms with Gasteiger partial charge < -0.3 is 9.73 Å². The number of aromatic nitrogens is 4. The molecule has 0 radical (unpaired) electrons. The number of carbonyl (C=O) groups excluding carboxylic acids is 1. The Hall–Kier alpha value is -3.81. The van der Waals surface area contributed by atoms with Crippen LogP contribution in [-0.4, -0.2) is 26.1 Å². The van der Waals surface area contributed by atoms with Gasteiger partial charge in [0.05, 0.1) is 11.1 Å². The smallest absolute Gasteiger partial charge is 0.291 e. The maximum Gasteiger partial charge on any atom is 0.291 e. The predicted octanol–water partition coefficient (Wildman–Crippen LogP) is 2.33. The first-order valence-electron chi connectivity index (χ1n) is 7.80. The summed E-state index contributed by atoms with van der Waals surface area (Å²) in [7, 11) is 0. The van der Waals surface area contributed by atoms with Crippen molar-refractivity contribution in [2.75, 3.05) is 5.32 Å². The summed E-state index contributed by atoms with van der Waals surface area (Å²) >= 11 is 0. The zero-order chi connectivity index (χ0) is 18.1. The third kappa shape index (κ3) is 2.84. The molecule has 0 bridgehead atoms. The van der Waals surface area contributed by atoms with Crippen LogP contribution in [0.2, 0.25) is 0 Å². The number of amides is 1. The fourth-order valence-electron chi connectivity index (χ4n) is 2.67. The van der Waals surface area contributed by atoms with Crippen LogP contribution in [0.1, 0.15) is 16.1 Å². The van der Waals surface area contributed by atoms with E-state index >= 15 is 0 Å². The lowest BCUT2D eigenvalue weighted by atomic mass is 10.1. The van der Waals surface area contributed by atoms with Crippen LogP contribution in [0.3, 0.4) is 0 Å². The van der Waals surface area contributed by atoms with Crippen LogP contribution in [0.15, 0.2) is 64.1 Å². The van der Waals surface area contributed by atoms with E-state index in [1.165, 1.54) is 17.1 Å². The normalized spacial score (nSPS) is 10.8. The molecule has 2 heterocycles. The molecule has 0 aliphatic carbocycles. The topological polar surface area (TPSA) is 103 Å². The number of hydrogen-bond acceptors (Lipinski definition) is 6. The van der Waals surface area contributed by atoms with Gasteiger partial charge in [0.2, 0.25) is 0 Å². The summed E-state index contributed by atoms with van der Waals surface area (Å²) in [5, 5.41) is 14.2. The van der Waals surface area contributed by atoms with E-state index < -0.39 is 5.91 Å². The maximum atomic E-state index is 12.5. The number of benzene rings is 2. The van der Waals surface area contributed by atoms with Crippen molar-refractivity contribution in [3.05, 3.63) is 76.4 Å². The Kier molecular flexibility index (Phi) is 3.77. The van der Waals surface area contributed by atoms with Gasteiger partial charge in [-0.15, -0.1) is 5.10 Å². The van der Waals surface area contributed by atoms with Crippen LogP contribution in [-0.2, 0) is 0 Å². The van der Waals surface area contributed by atoms with Gasteiger partial charge in [0.25, 0.3) is 5.91 Å². The van der Waals surface area contributed by atoms with Crippen LogP contribution in [0.4, 0.5) is 5.69 Å². The van der Waals surface area contributed by atoms with E-state index in [4.69, 9.17) is 4.42 Å². The average Bonchev–Trinajstić information content (AvgIpc) is 3.16. The fourth-order valence-corrected chi connectivity index (χ4v) is 2.67. The first-order chi connectivity index (χ1) is 12.6. The molecule has 2 aromatic heterocycles. The minimum absolute atomic E-state index is 0.0455. The fraction of sp³-hybridized carbons (Fsp3) is 0.0556. The van der Waals surface area contributed by atoms with Gasteiger partial charge >= 0.3 is 0 Å². The zero-order valence-electron chi connectivity index (χ0n) is 13.7. The highest BCUT2D eigenvalue weighted by Gasteiger charge is 2.13. The average molecular weight is 347 g/mol. The summed E-state index contributed by atoms with van der Waals surface area (Å²) in [4.78, 5) is 24.6. The number of carbonyl (C=O) groups is 1. The molecule has 8 nitrogen and oxygen atoms in total. The molecule has 0 atom stereocenters. The van der Waals surface area contributed by atoms with E-state index in [0.29, 0.717) is 16.7 Å². The minimum Gasteiger partial charge on any atom is -0.451 e. The van der Waals surface area contributed by atoms with Crippen LogP contribution in [0, 0.1) is 6.92 Å². The molecule has 0 spiro atoms. The van der Waals surface area contributed by atoms with E-state index in [9.17, 15) is 9.59 Å².